The molecule has 0 atom stereocenters. The van der Waals surface area contributed by atoms with Gasteiger partial charge in [-0.15, -0.1) is 0 Å². The van der Waals surface area contributed by atoms with Gasteiger partial charge < -0.3 is 10.5 Å². The van der Waals surface area contributed by atoms with E-state index in [1.54, 1.807) is 25.1 Å². The van der Waals surface area contributed by atoms with Crippen LogP contribution in [0, 0.1) is 6.92 Å². The summed E-state index contributed by atoms with van der Waals surface area (Å²) in [4.78, 5) is 0.0372. The third-order valence-electron chi connectivity index (χ3n) is 3.52. The molecule has 1 aromatic heterocycles. The summed E-state index contributed by atoms with van der Waals surface area (Å²) in [5.74, 6) is 0.414. The lowest BCUT2D eigenvalue weighted by molar-refractivity contribution is 0.416. The molecular weight excluding hydrogens is 338 g/mol. The number of aromatic nitrogens is 2. The van der Waals surface area contributed by atoms with Gasteiger partial charge in [-0.2, -0.15) is 17.6 Å². The van der Waals surface area contributed by atoms with Gasteiger partial charge in [-0.1, -0.05) is 11.6 Å². The van der Waals surface area contributed by atoms with Crippen LogP contribution < -0.4 is 10.5 Å². The van der Waals surface area contributed by atoms with Crippen LogP contribution in [0.2, 0.25) is 5.02 Å². The first kappa shape index (κ1) is 15.6. The summed E-state index contributed by atoms with van der Waals surface area (Å²) < 4.78 is 31.8. The molecule has 0 aliphatic heterocycles. The highest BCUT2D eigenvalue weighted by Gasteiger charge is 2.23. The van der Waals surface area contributed by atoms with Gasteiger partial charge in [0.25, 0.3) is 10.0 Å². The minimum atomic E-state index is -3.88. The molecule has 120 valence electrons. The van der Waals surface area contributed by atoms with Crippen LogP contribution in [0.15, 0.2) is 41.3 Å². The lowest BCUT2D eigenvalue weighted by Crippen LogP contribution is -2.15. The highest BCUT2D eigenvalue weighted by atomic mass is 35.5. The number of ether oxygens (including phenoxy) is 1. The van der Waals surface area contributed by atoms with Crippen molar-refractivity contribution in [2.45, 2.75) is 11.8 Å². The molecule has 2 N–H and O–H groups in total. The number of benzene rings is 2. The van der Waals surface area contributed by atoms with E-state index in [4.69, 9.17) is 22.1 Å². The van der Waals surface area contributed by atoms with Crippen LogP contribution in [0.25, 0.3) is 10.9 Å². The van der Waals surface area contributed by atoms with Crippen LogP contribution in [0.4, 0.5) is 5.69 Å². The van der Waals surface area contributed by atoms with Gasteiger partial charge in [0.05, 0.1) is 28.9 Å². The van der Waals surface area contributed by atoms with Gasteiger partial charge in [-0.25, -0.2) is 0 Å². The lowest BCUT2D eigenvalue weighted by atomic mass is 10.2. The Kier molecular flexibility index (Phi) is 3.69. The Hall–Kier alpha value is -2.25. The van der Waals surface area contributed by atoms with E-state index in [-0.39, 0.29) is 10.6 Å². The maximum Gasteiger partial charge on any atom is 0.283 e. The lowest BCUT2D eigenvalue weighted by Gasteiger charge is -2.09. The summed E-state index contributed by atoms with van der Waals surface area (Å²) in [5, 5.41) is 5.35. The summed E-state index contributed by atoms with van der Waals surface area (Å²) in [5.41, 5.74) is 7.08. The zero-order valence-corrected chi connectivity index (χ0v) is 14.0. The predicted molar refractivity (Wildman–Crippen MR) is 89.5 cm³/mol. The molecule has 3 aromatic rings. The second-order valence-corrected chi connectivity index (χ2v) is 7.20. The average Bonchev–Trinajstić information content (AvgIpc) is 2.84. The van der Waals surface area contributed by atoms with Crippen LogP contribution >= 0.6 is 11.6 Å². The number of anilines is 1. The van der Waals surface area contributed by atoms with E-state index in [9.17, 15) is 8.42 Å². The first-order chi connectivity index (χ1) is 10.8. The van der Waals surface area contributed by atoms with E-state index < -0.39 is 10.0 Å². The van der Waals surface area contributed by atoms with Crippen molar-refractivity contribution in [2.75, 3.05) is 12.8 Å². The number of hydrogen-bond donors (Lipinski definition) is 1. The first-order valence-corrected chi connectivity index (χ1v) is 8.50. The molecule has 8 heteroatoms. The summed E-state index contributed by atoms with van der Waals surface area (Å²) in [6, 6.07) is 9.24. The van der Waals surface area contributed by atoms with E-state index in [2.05, 4.69) is 5.10 Å². The summed E-state index contributed by atoms with van der Waals surface area (Å²) >= 11 is 5.97. The Bertz CT molecular complexity index is 1010. The van der Waals surface area contributed by atoms with Gasteiger partial charge in [0.15, 0.2) is 0 Å². The van der Waals surface area contributed by atoms with Crippen molar-refractivity contribution in [3.8, 4) is 5.75 Å². The molecule has 0 spiro atoms. The van der Waals surface area contributed by atoms with Gasteiger partial charge >= 0.3 is 0 Å². The number of nitrogens with two attached hydrogens (primary N) is 1. The highest BCUT2D eigenvalue weighted by molar-refractivity contribution is 7.90. The third kappa shape index (κ3) is 2.51. The van der Waals surface area contributed by atoms with Crippen LogP contribution in [-0.4, -0.2) is 24.7 Å². The second-order valence-electron chi connectivity index (χ2n) is 5.00. The molecule has 0 bridgehead atoms. The Morgan fingerprint density at radius 2 is 1.96 bits per heavy atom. The molecule has 0 fully saturated rings. The van der Waals surface area contributed by atoms with Gasteiger partial charge in [0.2, 0.25) is 0 Å². The normalized spacial score (nSPS) is 11.8. The molecule has 0 saturated heterocycles. The van der Waals surface area contributed by atoms with Crippen molar-refractivity contribution >= 4 is 38.2 Å². The van der Waals surface area contributed by atoms with E-state index in [1.807, 2.05) is 0 Å². The SMILES string of the molecule is COc1ccc(S(=O)(=O)n2nc(C)c3cc(Cl)ccc32)cc1N. The van der Waals surface area contributed by atoms with E-state index >= 15 is 0 Å². The molecule has 0 radical (unpaired) electrons. The molecular formula is C15H14ClN3O3S. The van der Waals surface area contributed by atoms with Crippen molar-refractivity contribution in [3.05, 3.63) is 47.1 Å². The largest absolute Gasteiger partial charge is 0.495 e. The molecule has 0 saturated carbocycles. The first-order valence-electron chi connectivity index (χ1n) is 6.68. The maximum atomic E-state index is 12.9. The topological polar surface area (TPSA) is 87.2 Å². The summed E-state index contributed by atoms with van der Waals surface area (Å²) in [6.45, 7) is 1.73. The average molecular weight is 352 g/mol. The zero-order chi connectivity index (χ0) is 16.8. The quantitative estimate of drug-likeness (QED) is 0.733. The monoisotopic (exact) mass is 351 g/mol. The smallest absolute Gasteiger partial charge is 0.283 e. The van der Waals surface area contributed by atoms with Crippen molar-refractivity contribution in [3.63, 3.8) is 0 Å². The van der Waals surface area contributed by atoms with Crippen LogP contribution in [0.1, 0.15) is 5.69 Å². The number of aryl methyl sites for hydroxylation is 1. The number of halogens is 1. The maximum absolute atomic E-state index is 12.9. The van der Waals surface area contributed by atoms with Crippen molar-refractivity contribution < 1.29 is 13.2 Å². The van der Waals surface area contributed by atoms with E-state index in [0.717, 1.165) is 4.09 Å². The molecule has 1 heterocycles. The third-order valence-corrected chi connectivity index (χ3v) is 5.34. The van der Waals surface area contributed by atoms with Gasteiger partial charge in [-0.05, 0) is 43.3 Å². The Balaban J connectivity index is 2.23. The molecule has 23 heavy (non-hydrogen) atoms. The standard InChI is InChI=1S/C15H14ClN3O3S/c1-9-12-7-10(16)3-5-14(12)19(18-9)23(20,21)11-4-6-15(22-2)13(17)8-11/h3-8H,17H2,1-2H3. The minimum absolute atomic E-state index is 0.0372. The number of hydrogen-bond acceptors (Lipinski definition) is 5. The van der Waals surface area contributed by atoms with Crippen molar-refractivity contribution in [2.24, 2.45) is 0 Å². The van der Waals surface area contributed by atoms with E-state index in [0.29, 0.717) is 27.4 Å². The predicted octanol–water partition coefficient (Wildman–Crippen LogP) is 2.83. The molecule has 2 aromatic carbocycles. The fraction of sp³-hybridized carbons (Fsp3) is 0.133. The number of methoxy groups -OCH3 is 1. The van der Waals surface area contributed by atoms with Gasteiger partial charge in [0, 0.05) is 10.4 Å². The van der Waals surface area contributed by atoms with Gasteiger partial charge in [0.1, 0.15) is 5.75 Å². The number of nitrogen functional groups attached to an aromatic ring is 1. The fourth-order valence-electron chi connectivity index (χ4n) is 2.36. The molecule has 0 aliphatic carbocycles. The zero-order valence-electron chi connectivity index (χ0n) is 12.4. The second kappa shape index (κ2) is 5.43. The minimum Gasteiger partial charge on any atom is -0.495 e. The Morgan fingerprint density at radius 1 is 1.22 bits per heavy atom. The van der Waals surface area contributed by atoms with Crippen LogP contribution in [0.5, 0.6) is 5.75 Å². The van der Waals surface area contributed by atoms with E-state index in [1.165, 1.54) is 25.3 Å². The summed E-state index contributed by atoms with van der Waals surface area (Å²) in [7, 11) is -2.41. The number of fused-ring (bicyclic) bond motifs is 1. The number of rotatable bonds is 3. The number of nitrogens with zero attached hydrogens (tertiary/aromatic N) is 2. The molecule has 0 unspecified atom stereocenters. The van der Waals surface area contributed by atoms with Crippen molar-refractivity contribution in [1.82, 2.24) is 9.19 Å². The van der Waals surface area contributed by atoms with Crippen LogP contribution in [0.3, 0.4) is 0 Å². The Morgan fingerprint density at radius 3 is 2.61 bits per heavy atom. The molecule has 0 aliphatic rings. The fourth-order valence-corrected chi connectivity index (χ4v) is 3.90. The Labute approximate surface area is 138 Å². The highest BCUT2D eigenvalue weighted by Crippen LogP contribution is 2.29. The van der Waals surface area contributed by atoms with Gasteiger partial charge in [-0.3, -0.25) is 0 Å². The molecule has 0 amide bonds. The molecule has 3 rings (SSSR count). The summed E-state index contributed by atoms with van der Waals surface area (Å²) in [6.07, 6.45) is 0. The van der Waals surface area contributed by atoms with Crippen LogP contribution in [-0.2, 0) is 10.0 Å². The molecule has 6 nitrogen and oxygen atoms in total. The van der Waals surface area contributed by atoms with Crippen molar-refractivity contribution in [1.29, 1.82) is 0 Å².